The van der Waals surface area contributed by atoms with Gasteiger partial charge < -0.3 is 20.3 Å². The van der Waals surface area contributed by atoms with Crippen LogP contribution in [0.15, 0.2) is 36.4 Å². The molecular weight excluding hydrogens is 377 g/mol. The average Bonchev–Trinajstić information content (AvgIpc) is 2.65. The van der Waals surface area contributed by atoms with Gasteiger partial charge in [0.1, 0.15) is 11.6 Å². The van der Waals surface area contributed by atoms with E-state index in [-0.39, 0.29) is 22.1 Å². The molecule has 0 aliphatic rings. The van der Waals surface area contributed by atoms with E-state index in [4.69, 9.17) is 4.74 Å². The first-order valence-corrected chi connectivity index (χ1v) is 9.12. The molecule has 0 aliphatic heterocycles. The van der Waals surface area contributed by atoms with Crippen molar-refractivity contribution in [2.75, 3.05) is 32.6 Å². The third-order valence-corrected chi connectivity index (χ3v) is 4.11. The third kappa shape index (κ3) is 7.48. The highest BCUT2D eigenvalue weighted by Crippen LogP contribution is 2.19. The fraction of sp³-hybridized carbons (Fsp3) is 0.278. The van der Waals surface area contributed by atoms with Gasteiger partial charge in [-0.2, -0.15) is 0 Å². The van der Waals surface area contributed by atoms with E-state index in [9.17, 15) is 23.0 Å². The maximum absolute atomic E-state index is 13.4. The summed E-state index contributed by atoms with van der Waals surface area (Å²) in [5.41, 5.74) is -0.107. The molecule has 2 aromatic rings. The van der Waals surface area contributed by atoms with E-state index in [2.05, 4.69) is 10.6 Å². The number of rotatable bonds is 6. The Labute approximate surface area is 157 Å². The molecule has 9 heteroatoms. The highest BCUT2D eigenvalue weighted by molar-refractivity contribution is 7.45. The first kappa shape index (κ1) is 22.8. The lowest BCUT2D eigenvalue weighted by Crippen LogP contribution is -2.15. The SMILES string of the molecule is CNCCOC.Cc1c(F)cc(NC(=O)c2cccc([P+](=O)[O-])c2)cc1F. The minimum atomic E-state index is -2.81. The van der Waals surface area contributed by atoms with Crippen molar-refractivity contribution in [1.82, 2.24) is 5.32 Å². The molecule has 0 spiro atoms. The summed E-state index contributed by atoms with van der Waals surface area (Å²) in [6.07, 6.45) is 0. The smallest absolute Gasteiger partial charge is 0.348 e. The summed E-state index contributed by atoms with van der Waals surface area (Å²) >= 11 is 0. The lowest BCUT2D eigenvalue weighted by molar-refractivity contribution is -0.160. The molecule has 1 unspecified atom stereocenters. The highest BCUT2D eigenvalue weighted by atomic mass is 31.1. The number of ether oxygens (including phenoxy) is 1. The summed E-state index contributed by atoms with van der Waals surface area (Å²) in [5.74, 6) is -2.21. The van der Waals surface area contributed by atoms with E-state index in [0.717, 1.165) is 25.3 Å². The summed E-state index contributed by atoms with van der Waals surface area (Å²) in [5, 5.41) is 5.25. The Morgan fingerprint density at radius 1 is 1.22 bits per heavy atom. The Hall–Kier alpha value is -2.25. The standard InChI is InChI=1S/C14H10F2NO3P.C4H11NO/c1-8-12(15)6-10(7-13(8)16)17-14(18)9-3-2-4-11(5-9)21(19)20;1-5-3-4-6-2/h2-7H,1H3,(H,17,18);5H,3-4H2,1-2H3. The second-order valence-corrected chi connectivity index (χ2v) is 6.45. The maximum Gasteiger partial charge on any atom is 0.348 e. The number of likely N-dealkylation sites (N-methyl/N-ethyl adjacent to an activating group) is 1. The van der Waals surface area contributed by atoms with E-state index in [0.29, 0.717) is 0 Å². The van der Waals surface area contributed by atoms with Gasteiger partial charge in [0.25, 0.3) is 5.91 Å². The molecule has 0 aromatic heterocycles. The minimum Gasteiger partial charge on any atom is -0.591 e. The van der Waals surface area contributed by atoms with Crippen LogP contribution in [0.1, 0.15) is 15.9 Å². The minimum absolute atomic E-state index is 0.0149. The van der Waals surface area contributed by atoms with Gasteiger partial charge in [-0.25, -0.2) is 8.78 Å². The predicted molar refractivity (Wildman–Crippen MR) is 98.5 cm³/mol. The normalized spacial score (nSPS) is 10.7. The molecule has 0 aliphatic carbocycles. The van der Waals surface area contributed by atoms with Gasteiger partial charge >= 0.3 is 8.03 Å². The van der Waals surface area contributed by atoms with Crippen molar-refractivity contribution >= 4 is 24.9 Å². The zero-order chi connectivity index (χ0) is 20.4. The summed E-state index contributed by atoms with van der Waals surface area (Å²) in [6, 6.07) is 7.32. The monoisotopic (exact) mass is 398 g/mol. The van der Waals surface area contributed by atoms with E-state index in [1.54, 1.807) is 7.11 Å². The maximum atomic E-state index is 13.4. The largest absolute Gasteiger partial charge is 0.591 e. The van der Waals surface area contributed by atoms with Gasteiger partial charge in [0.05, 0.1) is 6.61 Å². The second-order valence-electron chi connectivity index (χ2n) is 5.42. The van der Waals surface area contributed by atoms with Crippen LogP contribution in [0.4, 0.5) is 14.5 Å². The van der Waals surface area contributed by atoms with Crippen molar-refractivity contribution in [3.8, 4) is 0 Å². The van der Waals surface area contributed by atoms with Crippen LogP contribution in [-0.4, -0.2) is 33.2 Å². The molecule has 0 saturated heterocycles. The van der Waals surface area contributed by atoms with Crippen LogP contribution in [0.5, 0.6) is 0 Å². The molecule has 27 heavy (non-hydrogen) atoms. The predicted octanol–water partition coefficient (Wildman–Crippen LogP) is 2.11. The molecule has 0 heterocycles. The van der Waals surface area contributed by atoms with Crippen molar-refractivity contribution in [1.29, 1.82) is 0 Å². The number of carbonyl (C=O) groups excluding carboxylic acids is 1. The molecule has 6 nitrogen and oxygen atoms in total. The summed E-state index contributed by atoms with van der Waals surface area (Å²) < 4.78 is 42.4. The first-order chi connectivity index (χ1) is 12.8. The van der Waals surface area contributed by atoms with Crippen molar-refractivity contribution < 1.29 is 27.8 Å². The fourth-order valence-corrected chi connectivity index (χ4v) is 2.34. The average molecular weight is 398 g/mol. The molecular formula is C18H21F2N2O4P. The lowest BCUT2D eigenvalue weighted by atomic mass is 10.1. The Kier molecular flexibility index (Phi) is 9.67. The number of halogens is 2. The van der Waals surface area contributed by atoms with Crippen LogP contribution in [-0.2, 0) is 9.30 Å². The van der Waals surface area contributed by atoms with Gasteiger partial charge in [-0.15, -0.1) is 0 Å². The number of amides is 1. The summed E-state index contributed by atoms with van der Waals surface area (Å²) in [4.78, 5) is 22.8. The molecule has 1 amide bonds. The number of benzene rings is 2. The van der Waals surface area contributed by atoms with Gasteiger partial charge in [0.2, 0.25) is 0 Å². The zero-order valence-corrected chi connectivity index (χ0v) is 16.1. The van der Waals surface area contributed by atoms with Crippen molar-refractivity contribution in [3.05, 3.63) is 59.2 Å². The number of nitrogens with one attached hydrogen (secondary N) is 2. The van der Waals surface area contributed by atoms with Gasteiger partial charge in [-0.3, -0.25) is 4.79 Å². The van der Waals surface area contributed by atoms with E-state index in [1.165, 1.54) is 31.2 Å². The Morgan fingerprint density at radius 3 is 2.33 bits per heavy atom. The van der Waals surface area contributed by atoms with E-state index >= 15 is 0 Å². The number of anilines is 1. The molecule has 0 fully saturated rings. The van der Waals surface area contributed by atoms with Gasteiger partial charge in [0, 0.05) is 36.5 Å². The van der Waals surface area contributed by atoms with E-state index in [1.807, 2.05) is 7.05 Å². The first-order valence-electron chi connectivity index (χ1n) is 7.95. The molecule has 0 bridgehead atoms. The van der Waals surface area contributed by atoms with Crippen molar-refractivity contribution in [2.45, 2.75) is 6.92 Å². The van der Waals surface area contributed by atoms with Crippen LogP contribution >= 0.6 is 8.03 Å². The molecule has 0 saturated carbocycles. The number of methoxy groups -OCH3 is 1. The fourth-order valence-electron chi connectivity index (χ4n) is 1.89. The van der Waals surface area contributed by atoms with Crippen molar-refractivity contribution in [3.63, 3.8) is 0 Å². The van der Waals surface area contributed by atoms with Gasteiger partial charge in [-0.05, 0) is 38.2 Å². The van der Waals surface area contributed by atoms with Crippen molar-refractivity contribution in [2.24, 2.45) is 0 Å². The number of hydrogen-bond acceptors (Lipinski definition) is 5. The van der Waals surface area contributed by atoms with Crippen LogP contribution in [0, 0.1) is 18.6 Å². The summed E-state index contributed by atoms with van der Waals surface area (Å²) in [7, 11) is 0.783. The summed E-state index contributed by atoms with van der Waals surface area (Å²) in [6.45, 7) is 3.03. The van der Waals surface area contributed by atoms with Gasteiger partial charge in [0.15, 0.2) is 5.30 Å². The Bertz CT molecular complexity index is 776. The lowest BCUT2D eigenvalue weighted by Gasteiger charge is -2.07. The van der Waals surface area contributed by atoms with Crippen LogP contribution in [0.3, 0.4) is 0 Å². The topological polar surface area (TPSA) is 90.5 Å². The number of carbonyl (C=O) groups is 1. The van der Waals surface area contributed by atoms with Crippen LogP contribution in [0.2, 0.25) is 0 Å². The third-order valence-electron chi connectivity index (χ3n) is 3.41. The Morgan fingerprint density at radius 2 is 1.85 bits per heavy atom. The quantitative estimate of drug-likeness (QED) is 0.575. The molecule has 2 N–H and O–H groups in total. The molecule has 1 atom stereocenters. The molecule has 0 radical (unpaired) electrons. The van der Waals surface area contributed by atoms with E-state index < -0.39 is 25.6 Å². The van der Waals surface area contributed by atoms with Crippen LogP contribution < -0.4 is 20.8 Å². The van der Waals surface area contributed by atoms with Gasteiger partial charge in [-0.1, -0.05) is 10.6 Å². The zero-order valence-electron chi connectivity index (χ0n) is 15.2. The number of hydrogen-bond donors (Lipinski definition) is 2. The van der Waals surface area contributed by atoms with Crippen LogP contribution in [0.25, 0.3) is 0 Å². The second kappa shape index (κ2) is 11.5. The molecule has 2 aromatic carbocycles. The Balaban J connectivity index is 0.000000527. The molecule has 2 rings (SSSR count). The highest BCUT2D eigenvalue weighted by Gasteiger charge is 2.14. The molecule has 146 valence electrons.